The highest BCUT2D eigenvalue weighted by atomic mass is 32.2. The third-order valence-corrected chi connectivity index (χ3v) is 5.05. The first-order valence-electron chi connectivity index (χ1n) is 8.45. The SMILES string of the molecule is CCOC(=O)c1c(SC)c(C(=O)c2ccccc2)c2c(C)cc(C)cn12. The minimum atomic E-state index is -0.413. The number of fused-ring (bicyclic) bond motifs is 1. The summed E-state index contributed by atoms with van der Waals surface area (Å²) in [5, 5.41) is 0. The van der Waals surface area contributed by atoms with Gasteiger partial charge >= 0.3 is 5.97 Å². The van der Waals surface area contributed by atoms with Crippen molar-refractivity contribution in [1.29, 1.82) is 0 Å². The number of esters is 1. The van der Waals surface area contributed by atoms with Gasteiger partial charge in [-0.3, -0.25) is 4.79 Å². The number of carbonyl (C=O) groups is 2. The largest absolute Gasteiger partial charge is 0.461 e. The van der Waals surface area contributed by atoms with E-state index in [0.717, 1.165) is 16.6 Å². The number of aromatic nitrogens is 1. The van der Waals surface area contributed by atoms with Crippen LogP contribution in [0.25, 0.3) is 5.52 Å². The Hall–Kier alpha value is -2.53. The minimum Gasteiger partial charge on any atom is -0.461 e. The Labute approximate surface area is 157 Å². The van der Waals surface area contributed by atoms with Crippen LogP contribution in [0.3, 0.4) is 0 Å². The standard InChI is InChI=1S/C21H21NO3S/c1-5-25-21(24)18-20(26-4)16(19(23)15-9-7-6-8-10-15)17-14(3)11-13(2)12-22(17)18/h6-12H,5H2,1-4H3. The average Bonchev–Trinajstić information content (AvgIpc) is 2.96. The summed E-state index contributed by atoms with van der Waals surface area (Å²) >= 11 is 1.40. The van der Waals surface area contributed by atoms with Crippen LogP contribution >= 0.6 is 11.8 Å². The number of ether oxygens (including phenoxy) is 1. The fraction of sp³-hybridized carbons (Fsp3) is 0.238. The number of carbonyl (C=O) groups excluding carboxylic acids is 2. The fourth-order valence-corrected chi connectivity index (χ4v) is 4.04. The third-order valence-electron chi connectivity index (χ3n) is 4.25. The molecule has 0 aliphatic carbocycles. The predicted octanol–water partition coefficient (Wildman–Crippen LogP) is 4.69. The highest BCUT2D eigenvalue weighted by Gasteiger charge is 2.29. The summed E-state index contributed by atoms with van der Waals surface area (Å²) in [6.45, 7) is 5.99. The van der Waals surface area contributed by atoms with E-state index >= 15 is 0 Å². The Morgan fingerprint density at radius 1 is 1.15 bits per heavy atom. The van der Waals surface area contributed by atoms with Gasteiger partial charge in [0.15, 0.2) is 5.78 Å². The molecule has 0 unspecified atom stereocenters. The first-order chi connectivity index (χ1) is 12.5. The maximum absolute atomic E-state index is 13.3. The van der Waals surface area contributed by atoms with E-state index in [0.29, 0.717) is 21.7 Å². The molecule has 2 heterocycles. The lowest BCUT2D eigenvalue weighted by Crippen LogP contribution is -2.09. The van der Waals surface area contributed by atoms with Gasteiger partial charge in [0.2, 0.25) is 0 Å². The number of hydrogen-bond acceptors (Lipinski definition) is 4. The lowest BCUT2D eigenvalue weighted by Gasteiger charge is -2.07. The van der Waals surface area contributed by atoms with E-state index in [-0.39, 0.29) is 12.4 Å². The van der Waals surface area contributed by atoms with Crippen molar-refractivity contribution in [1.82, 2.24) is 4.40 Å². The molecule has 0 amide bonds. The Bertz CT molecular complexity index is 990. The smallest absolute Gasteiger partial charge is 0.356 e. The Morgan fingerprint density at radius 3 is 2.46 bits per heavy atom. The van der Waals surface area contributed by atoms with Crippen molar-refractivity contribution < 1.29 is 14.3 Å². The zero-order valence-electron chi connectivity index (χ0n) is 15.3. The third kappa shape index (κ3) is 3.03. The van der Waals surface area contributed by atoms with Crippen LogP contribution < -0.4 is 0 Å². The van der Waals surface area contributed by atoms with Gasteiger partial charge in [-0.15, -0.1) is 11.8 Å². The van der Waals surface area contributed by atoms with Gasteiger partial charge in [0.25, 0.3) is 0 Å². The van der Waals surface area contributed by atoms with Crippen molar-refractivity contribution in [2.24, 2.45) is 0 Å². The van der Waals surface area contributed by atoms with Gasteiger partial charge in [0.05, 0.1) is 22.6 Å². The molecule has 0 spiro atoms. The van der Waals surface area contributed by atoms with Crippen LogP contribution in [-0.2, 0) is 4.74 Å². The highest BCUT2D eigenvalue weighted by Crippen LogP contribution is 2.35. The van der Waals surface area contributed by atoms with Gasteiger partial charge in [-0.25, -0.2) is 4.79 Å². The normalized spacial score (nSPS) is 10.9. The second-order valence-electron chi connectivity index (χ2n) is 6.09. The molecule has 1 aromatic carbocycles. The van der Waals surface area contributed by atoms with Crippen molar-refractivity contribution in [3.63, 3.8) is 0 Å². The molecule has 0 radical (unpaired) electrons. The number of rotatable bonds is 5. The first-order valence-corrected chi connectivity index (χ1v) is 9.68. The molecule has 0 fully saturated rings. The van der Waals surface area contributed by atoms with Crippen molar-refractivity contribution >= 4 is 29.0 Å². The number of hydrogen-bond donors (Lipinski definition) is 0. The summed E-state index contributed by atoms with van der Waals surface area (Å²) in [5.74, 6) is -0.501. The second kappa shape index (κ2) is 7.38. The number of benzene rings is 1. The zero-order valence-corrected chi connectivity index (χ0v) is 16.1. The molecule has 0 aliphatic heterocycles. The second-order valence-corrected chi connectivity index (χ2v) is 6.91. The van der Waals surface area contributed by atoms with E-state index in [1.807, 2.05) is 55.0 Å². The molecule has 3 rings (SSSR count). The van der Waals surface area contributed by atoms with Gasteiger partial charge in [-0.05, 0) is 38.2 Å². The molecule has 0 bridgehead atoms. The topological polar surface area (TPSA) is 47.8 Å². The Morgan fingerprint density at radius 2 is 1.85 bits per heavy atom. The van der Waals surface area contributed by atoms with E-state index in [2.05, 4.69) is 0 Å². The van der Waals surface area contributed by atoms with E-state index in [9.17, 15) is 9.59 Å². The molecule has 0 saturated carbocycles. The first kappa shape index (κ1) is 18.3. The number of nitrogens with zero attached hydrogens (tertiary/aromatic N) is 1. The van der Waals surface area contributed by atoms with Crippen LogP contribution in [0.2, 0.25) is 0 Å². The van der Waals surface area contributed by atoms with Crippen LogP contribution in [0, 0.1) is 13.8 Å². The summed E-state index contributed by atoms with van der Waals surface area (Å²) in [7, 11) is 0. The van der Waals surface area contributed by atoms with Crippen LogP contribution in [0.5, 0.6) is 0 Å². The summed E-state index contributed by atoms with van der Waals surface area (Å²) in [6.07, 6.45) is 3.76. The number of pyridine rings is 1. The van der Waals surface area contributed by atoms with E-state index in [1.165, 1.54) is 11.8 Å². The molecule has 0 aliphatic rings. The molecule has 4 nitrogen and oxygen atoms in total. The molecule has 5 heteroatoms. The van der Waals surface area contributed by atoms with Gasteiger partial charge in [-0.1, -0.05) is 36.4 Å². The van der Waals surface area contributed by atoms with Crippen molar-refractivity contribution in [2.45, 2.75) is 25.7 Å². The Kier molecular flexibility index (Phi) is 5.18. The maximum atomic E-state index is 13.3. The quantitative estimate of drug-likeness (QED) is 0.373. The fourth-order valence-electron chi connectivity index (χ4n) is 3.27. The highest BCUT2D eigenvalue weighted by molar-refractivity contribution is 7.98. The predicted molar refractivity (Wildman–Crippen MR) is 104 cm³/mol. The Balaban J connectivity index is 2.38. The van der Waals surface area contributed by atoms with Gasteiger partial charge in [-0.2, -0.15) is 0 Å². The molecule has 2 aromatic heterocycles. The number of thioether (sulfide) groups is 1. The van der Waals surface area contributed by atoms with E-state index in [1.54, 1.807) is 19.1 Å². The van der Waals surface area contributed by atoms with Gasteiger partial charge in [0.1, 0.15) is 5.69 Å². The zero-order chi connectivity index (χ0) is 18.8. The van der Waals surface area contributed by atoms with E-state index in [4.69, 9.17) is 4.74 Å². The number of ketones is 1. The van der Waals surface area contributed by atoms with Crippen LogP contribution in [0.4, 0.5) is 0 Å². The molecular weight excluding hydrogens is 346 g/mol. The number of aryl methyl sites for hydroxylation is 2. The molecule has 134 valence electrons. The lowest BCUT2D eigenvalue weighted by molar-refractivity contribution is 0.0514. The van der Waals surface area contributed by atoms with Gasteiger partial charge in [0, 0.05) is 11.8 Å². The molecule has 26 heavy (non-hydrogen) atoms. The van der Waals surface area contributed by atoms with Crippen molar-refractivity contribution in [2.75, 3.05) is 12.9 Å². The van der Waals surface area contributed by atoms with Crippen LogP contribution in [0.1, 0.15) is 44.5 Å². The minimum absolute atomic E-state index is 0.0880. The van der Waals surface area contributed by atoms with Gasteiger partial charge < -0.3 is 9.14 Å². The summed E-state index contributed by atoms with van der Waals surface area (Å²) in [4.78, 5) is 26.6. The molecule has 0 saturated heterocycles. The maximum Gasteiger partial charge on any atom is 0.356 e. The molecular formula is C21H21NO3S. The lowest BCUT2D eigenvalue weighted by atomic mass is 10.0. The van der Waals surface area contributed by atoms with Crippen LogP contribution in [0.15, 0.2) is 47.5 Å². The van der Waals surface area contributed by atoms with Crippen molar-refractivity contribution in [3.8, 4) is 0 Å². The molecule has 3 aromatic rings. The van der Waals surface area contributed by atoms with Crippen molar-refractivity contribution in [3.05, 3.63) is 70.5 Å². The molecule has 0 N–H and O–H groups in total. The van der Waals surface area contributed by atoms with E-state index < -0.39 is 5.97 Å². The molecule has 0 atom stereocenters. The summed E-state index contributed by atoms with van der Waals surface area (Å²) in [5.41, 5.74) is 4.31. The monoisotopic (exact) mass is 367 g/mol. The van der Waals surface area contributed by atoms with Crippen LogP contribution in [-0.4, -0.2) is 29.0 Å². The average molecular weight is 367 g/mol. The summed E-state index contributed by atoms with van der Waals surface area (Å²) in [6, 6.07) is 11.2. The summed E-state index contributed by atoms with van der Waals surface area (Å²) < 4.78 is 7.08.